The van der Waals surface area contributed by atoms with Crippen molar-refractivity contribution in [1.29, 1.82) is 0 Å². The summed E-state index contributed by atoms with van der Waals surface area (Å²) in [5.74, 6) is 0. The molecule has 0 unspecified atom stereocenters. The first-order valence-electron chi connectivity index (χ1n) is 6.98. The van der Waals surface area contributed by atoms with Crippen molar-refractivity contribution in [2.75, 3.05) is 0 Å². The first-order chi connectivity index (χ1) is 9.33. The van der Waals surface area contributed by atoms with Crippen molar-refractivity contribution < 1.29 is 4.79 Å². The van der Waals surface area contributed by atoms with E-state index in [1.54, 1.807) is 11.3 Å². The third kappa shape index (κ3) is 4.03. The van der Waals surface area contributed by atoms with Crippen molar-refractivity contribution in [3.8, 4) is 10.4 Å². The van der Waals surface area contributed by atoms with E-state index < -0.39 is 0 Å². The molecule has 1 heterocycles. The zero-order valence-electron chi connectivity index (χ0n) is 11.4. The highest BCUT2D eigenvalue weighted by molar-refractivity contribution is 7.17. The zero-order valence-corrected chi connectivity index (χ0v) is 12.2. The van der Waals surface area contributed by atoms with Crippen LogP contribution in [-0.4, -0.2) is 6.29 Å². The topological polar surface area (TPSA) is 17.1 Å². The molecule has 2 aromatic rings. The Morgan fingerprint density at radius 1 is 1.00 bits per heavy atom. The summed E-state index contributed by atoms with van der Waals surface area (Å²) in [6.07, 6.45) is 7.31. The van der Waals surface area contributed by atoms with Crippen LogP contribution in [0.3, 0.4) is 0 Å². The van der Waals surface area contributed by atoms with E-state index in [0.29, 0.717) is 0 Å². The van der Waals surface area contributed by atoms with E-state index >= 15 is 0 Å². The second-order valence-corrected chi connectivity index (χ2v) is 5.94. The fourth-order valence-electron chi connectivity index (χ4n) is 2.16. The Morgan fingerprint density at radius 3 is 2.42 bits per heavy atom. The highest BCUT2D eigenvalue weighted by atomic mass is 32.1. The van der Waals surface area contributed by atoms with E-state index in [0.717, 1.165) is 11.2 Å². The molecule has 0 atom stereocenters. The summed E-state index contributed by atoms with van der Waals surface area (Å²) in [7, 11) is 0. The van der Waals surface area contributed by atoms with Gasteiger partial charge in [0, 0.05) is 4.88 Å². The van der Waals surface area contributed by atoms with Crippen LogP contribution in [0.25, 0.3) is 10.4 Å². The lowest BCUT2D eigenvalue weighted by molar-refractivity contribution is 0.112. The molecular formula is C17H20OS. The van der Waals surface area contributed by atoms with E-state index in [-0.39, 0.29) is 0 Å². The van der Waals surface area contributed by atoms with Gasteiger partial charge in [0.1, 0.15) is 0 Å². The lowest BCUT2D eigenvalue weighted by atomic mass is 10.0. The van der Waals surface area contributed by atoms with Gasteiger partial charge in [-0.1, -0.05) is 50.5 Å². The molecular weight excluding hydrogens is 252 g/mol. The Bertz CT molecular complexity index is 510. The van der Waals surface area contributed by atoms with Gasteiger partial charge in [0.2, 0.25) is 0 Å². The molecule has 2 rings (SSSR count). The average molecular weight is 272 g/mol. The molecule has 19 heavy (non-hydrogen) atoms. The molecule has 0 N–H and O–H groups in total. The summed E-state index contributed by atoms with van der Waals surface area (Å²) >= 11 is 1.55. The number of benzene rings is 1. The maximum absolute atomic E-state index is 10.7. The van der Waals surface area contributed by atoms with Crippen molar-refractivity contribution in [1.82, 2.24) is 0 Å². The second kappa shape index (κ2) is 7.25. The number of unbranched alkanes of at least 4 members (excludes halogenated alkanes) is 3. The van der Waals surface area contributed by atoms with Gasteiger partial charge in [-0.3, -0.25) is 4.79 Å². The summed E-state index contributed by atoms with van der Waals surface area (Å²) in [6, 6.07) is 12.6. The van der Waals surface area contributed by atoms with Gasteiger partial charge in [0.05, 0.1) is 4.88 Å². The van der Waals surface area contributed by atoms with Crippen LogP contribution in [0, 0.1) is 0 Å². The number of rotatable bonds is 7. The number of aldehydes is 1. The predicted molar refractivity (Wildman–Crippen MR) is 83.0 cm³/mol. The minimum absolute atomic E-state index is 0.790. The monoisotopic (exact) mass is 272 g/mol. The van der Waals surface area contributed by atoms with Crippen molar-refractivity contribution in [2.24, 2.45) is 0 Å². The zero-order chi connectivity index (χ0) is 13.5. The van der Waals surface area contributed by atoms with Gasteiger partial charge >= 0.3 is 0 Å². The normalized spacial score (nSPS) is 10.6. The molecule has 1 nitrogen and oxygen atoms in total. The first-order valence-corrected chi connectivity index (χ1v) is 7.79. The smallest absolute Gasteiger partial charge is 0.160 e. The molecule has 0 bridgehead atoms. The number of carbonyl (C=O) groups is 1. The Kier molecular flexibility index (Phi) is 5.34. The minimum Gasteiger partial charge on any atom is -0.297 e. The van der Waals surface area contributed by atoms with Gasteiger partial charge in [0.25, 0.3) is 0 Å². The quantitative estimate of drug-likeness (QED) is 0.490. The van der Waals surface area contributed by atoms with Gasteiger partial charge in [-0.25, -0.2) is 0 Å². The molecule has 0 saturated heterocycles. The van der Waals surface area contributed by atoms with Crippen molar-refractivity contribution in [3.63, 3.8) is 0 Å². The van der Waals surface area contributed by atoms with E-state index in [4.69, 9.17) is 0 Å². The summed E-state index contributed by atoms with van der Waals surface area (Å²) in [5.41, 5.74) is 2.61. The Labute approximate surface area is 119 Å². The molecule has 0 fully saturated rings. The van der Waals surface area contributed by atoms with Crippen LogP contribution in [0.1, 0.15) is 47.8 Å². The number of hydrogen-bond donors (Lipinski definition) is 0. The molecule has 0 spiro atoms. The van der Waals surface area contributed by atoms with Crippen LogP contribution in [0.5, 0.6) is 0 Å². The average Bonchev–Trinajstić information content (AvgIpc) is 2.93. The summed E-state index contributed by atoms with van der Waals surface area (Å²) < 4.78 is 0. The summed E-state index contributed by atoms with van der Waals surface area (Å²) in [6.45, 7) is 2.24. The van der Waals surface area contributed by atoms with Crippen LogP contribution in [-0.2, 0) is 6.42 Å². The van der Waals surface area contributed by atoms with E-state index in [9.17, 15) is 4.79 Å². The molecule has 2 heteroatoms. The van der Waals surface area contributed by atoms with Crippen molar-refractivity contribution in [2.45, 2.75) is 39.0 Å². The third-order valence-corrected chi connectivity index (χ3v) is 4.36. The minimum atomic E-state index is 0.790. The van der Waals surface area contributed by atoms with Gasteiger partial charge in [-0.15, -0.1) is 11.3 Å². The third-order valence-electron chi connectivity index (χ3n) is 3.30. The Morgan fingerprint density at radius 2 is 1.79 bits per heavy atom. The van der Waals surface area contributed by atoms with Gasteiger partial charge in [-0.05, 0) is 36.1 Å². The fraction of sp³-hybridized carbons (Fsp3) is 0.353. The molecule has 0 saturated carbocycles. The summed E-state index contributed by atoms with van der Waals surface area (Å²) in [5, 5.41) is 0. The van der Waals surface area contributed by atoms with Gasteiger partial charge in [0.15, 0.2) is 6.29 Å². The lowest BCUT2D eigenvalue weighted by Crippen LogP contribution is -1.85. The largest absolute Gasteiger partial charge is 0.297 e. The standard InChI is InChI=1S/C17H20OS/c1-2-3-4-5-6-14-7-9-15(10-8-14)17-12-11-16(13-18)19-17/h7-13H,2-6H2,1H3. The Hall–Kier alpha value is -1.41. The lowest BCUT2D eigenvalue weighted by Gasteiger charge is -2.03. The number of carbonyl (C=O) groups excluding carboxylic acids is 1. The molecule has 0 aliphatic carbocycles. The van der Waals surface area contributed by atoms with E-state index in [1.807, 2.05) is 12.1 Å². The van der Waals surface area contributed by atoms with Gasteiger partial charge < -0.3 is 0 Å². The highest BCUT2D eigenvalue weighted by Gasteiger charge is 2.02. The molecule has 100 valence electrons. The van der Waals surface area contributed by atoms with Gasteiger partial charge in [-0.2, -0.15) is 0 Å². The summed E-state index contributed by atoms with van der Waals surface area (Å²) in [4.78, 5) is 12.6. The molecule has 0 amide bonds. The highest BCUT2D eigenvalue weighted by Crippen LogP contribution is 2.27. The number of thiophene rings is 1. The number of aryl methyl sites for hydroxylation is 1. The van der Waals surface area contributed by atoms with Crippen molar-refractivity contribution in [3.05, 3.63) is 46.8 Å². The van der Waals surface area contributed by atoms with Crippen LogP contribution >= 0.6 is 11.3 Å². The van der Waals surface area contributed by atoms with E-state index in [2.05, 4.69) is 31.2 Å². The molecule has 0 aliphatic rings. The first kappa shape index (κ1) is 14.0. The predicted octanol–water partition coefficient (Wildman–Crippen LogP) is 5.35. The second-order valence-electron chi connectivity index (χ2n) is 4.83. The maximum atomic E-state index is 10.7. The SMILES string of the molecule is CCCCCCc1ccc(-c2ccc(C=O)s2)cc1. The van der Waals surface area contributed by atoms with Crippen LogP contribution in [0.4, 0.5) is 0 Å². The fourth-order valence-corrected chi connectivity index (χ4v) is 2.99. The molecule has 1 aromatic heterocycles. The molecule has 0 radical (unpaired) electrons. The van der Waals surface area contributed by atoms with E-state index in [1.165, 1.54) is 48.1 Å². The van der Waals surface area contributed by atoms with Crippen LogP contribution in [0.15, 0.2) is 36.4 Å². The van der Waals surface area contributed by atoms with Crippen LogP contribution < -0.4 is 0 Å². The number of hydrogen-bond acceptors (Lipinski definition) is 2. The Balaban J connectivity index is 1.96. The maximum Gasteiger partial charge on any atom is 0.160 e. The molecule has 0 aliphatic heterocycles. The van der Waals surface area contributed by atoms with Crippen molar-refractivity contribution >= 4 is 17.6 Å². The van der Waals surface area contributed by atoms with Crippen LogP contribution in [0.2, 0.25) is 0 Å². The molecule has 1 aromatic carbocycles.